The molecule has 0 spiro atoms. The van der Waals surface area contributed by atoms with Crippen LogP contribution in [0, 0.1) is 0 Å². The van der Waals surface area contributed by atoms with Gasteiger partial charge in [0.05, 0.1) is 11.6 Å². The quantitative estimate of drug-likeness (QED) is 0.289. The van der Waals surface area contributed by atoms with Crippen molar-refractivity contribution in [2.75, 3.05) is 6.61 Å². The second-order valence-electron chi connectivity index (χ2n) is 3.12. The van der Waals surface area contributed by atoms with E-state index in [0.29, 0.717) is 30.2 Å². The average molecular weight is 308 g/mol. The molecule has 0 saturated heterocycles. The molecule has 1 aromatic carbocycles. The van der Waals surface area contributed by atoms with Crippen LogP contribution in [-0.2, 0) is 0 Å². The van der Waals surface area contributed by atoms with E-state index in [1.165, 1.54) is 0 Å². The molecule has 0 heterocycles. The topological polar surface area (TPSA) is 67.8 Å². The molecule has 16 heavy (non-hydrogen) atoms. The molecule has 4 nitrogen and oxygen atoms in total. The molecule has 1 aromatic rings. The predicted molar refractivity (Wildman–Crippen MR) is 67.3 cm³/mol. The molecule has 0 saturated carbocycles. The van der Waals surface area contributed by atoms with E-state index in [1.54, 1.807) is 12.1 Å². The molecule has 88 valence electrons. The first kappa shape index (κ1) is 13.1. The monoisotopic (exact) mass is 306 g/mol. The second kappa shape index (κ2) is 6.60. The van der Waals surface area contributed by atoms with E-state index in [0.717, 1.165) is 4.47 Å². The van der Waals surface area contributed by atoms with Gasteiger partial charge in [-0.05, 0) is 24.6 Å². The summed E-state index contributed by atoms with van der Waals surface area (Å²) < 4.78 is 6.35. The molecule has 3 N–H and O–H groups in total. The number of amidine groups is 1. The first-order valence-electron chi connectivity index (χ1n) is 4.67. The van der Waals surface area contributed by atoms with Gasteiger partial charge >= 0.3 is 0 Å². The molecule has 0 aliphatic heterocycles. The van der Waals surface area contributed by atoms with Crippen molar-refractivity contribution in [3.05, 3.63) is 27.7 Å². The van der Waals surface area contributed by atoms with E-state index < -0.39 is 0 Å². The first-order chi connectivity index (χ1) is 7.63. The molecule has 0 amide bonds. The van der Waals surface area contributed by atoms with Crippen molar-refractivity contribution < 1.29 is 9.94 Å². The molecule has 0 fully saturated rings. The molecule has 0 unspecified atom stereocenters. The summed E-state index contributed by atoms with van der Waals surface area (Å²) in [6, 6.07) is 5.40. The van der Waals surface area contributed by atoms with Crippen LogP contribution in [0.25, 0.3) is 0 Å². The Bertz CT molecular complexity index is 385. The third-order valence-corrected chi connectivity index (χ3v) is 2.65. The maximum Gasteiger partial charge on any atom is 0.139 e. The summed E-state index contributed by atoms with van der Waals surface area (Å²) in [6.07, 6.45) is 1.16. The predicted octanol–water partition coefficient (Wildman–Crippen LogP) is 3.01. The Balaban J connectivity index is 2.37. The maximum absolute atomic E-state index is 8.32. The Labute approximate surface area is 107 Å². The van der Waals surface area contributed by atoms with Gasteiger partial charge in [0.15, 0.2) is 0 Å². The van der Waals surface area contributed by atoms with Crippen LogP contribution in [-0.4, -0.2) is 17.6 Å². The van der Waals surface area contributed by atoms with Gasteiger partial charge in [-0.15, -0.1) is 0 Å². The van der Waals surface area contributed by atoms with Gasteiger partial charge in [-0.1, -0.05) is 32.7 Å². The van der Waals surface area contributed by atoms with Gasteiger partial charge in [0.25, 0.3) is 0 Å². The molecule has 0 atom stereocenters. The normalized spacial score (nSPS) is 11.5. The zero-order valence-electron chi connectivity index (χ0n) is 8.49. The third kappa shape index (κ3) is 4.28. The maximum atomic E-state index is 8.32. The molecule has 1 rings (SSSR count). The molecular formula is C10H12BrClN2O2. The van der Waals surface area contributed by atoms with Crippen LogP contribution in [0.15, 0.2) is 27.8 Å². The molecule has 0 aromatic heterocycles. The lowest BCUT2D eigenvalue weighted by molar-refractivity contribution is 0.305. The van der Waals surface area contributed by atoms with Gasteiger partial charge in [-0.2, -0.15) is 0 Å². The van der Waals surface area contributed by atoms with E-state index >= 15 is 0 Å². The van der Waals surface area contributed by atoms with Crippen LogP contribution in [0.3, 0.4) is 0 Å². The summed E-state index contributed by atoms with van der Waals surface area (Å²) in [5.41, 5.74) is 5.31. The Morgan fingerprint density at radius 2 is 2.31 bits per heavy atom. The average Bonchev–Trinajstić information content (AvgIpc) is 2.26. The van der Waals surface area contributed by atoms with Gasteiger partial charge in [0.1, 0.15) is 11.6 Å². The van der Waals surface area contributed by atoms with Crippen LogP contribution in [0.1, 0.15) is 12.8 Å². The minimum atomic E-state index is 0.200. The van der Waals surface area contributed by atoms with Crippen molar-refractivity contribution in [3.63, 3.8) is 0 Å². The Hall–Kier alpha value is -0.940. The molecule has 0 radical (unpaired) electrons. The number of benzene rings is 1. The van der Waals surface area contributed by atoms with Crippen LogP contribution in [0.2, 0.25) is 5.02 Å². The second-order valence-corrected chi connectivity index (χ2v) is 4.44. The van der Waals surface area contributed by atoms with E-state index in [9.17, 15) is 0 Å². The van der Waals surface area contributed by atoms with E-state index in [4.69, 9.17) is 27.3 Å². The van der Waals surface area contributed by atoms with Gasteiger partial charge in [0.2, 0.25) is 0 Å². The van der Waals surface area contributed by atoms with Gasteiger partial charge in [-0.3, -0.25) is 0 Å². The standard InChI is InChI=1S/C10H12BrClN2O2/c11-7-3-4-9(8(12)6-7)16-5-1-2-10(13)14-15/h3-4,6,15H,1-2,5H2,(H2,13,14). The number of rotatable bonds is 5. The zero-order chi connectivity index (χ0) is 12.0. The largest absolute Gasteiger partial charge is 0.492 e. The molecular weight excluding hydrogens is 295 g/mol. The number of ether oxygens (including phenoxy) is 1. The van der Waals surface area contributed by atoms with Crippen LogP contribution in [0.4, 0.5) is 0 Å². The van der Waals surface area contributed by atoms with E-state index in [2.05, 4.69) is 21.1 Å². The summed E-state index contributed by atoms with van der Waals surface area (Å²) in [7, 11) is 0. The number of halogens is 2. The van der Waals surface area contributed by atoms with Crippen molar-refractivity contribution in [3.8, 4) is 5.75 Å². The lowest BCUT2D eigenvalue weighted by Crippen LogP contribution is -2.12. The van der Waals surface area contributed by atoms with Gasteiger partial charge in [0, 0.05) is 10.9 Å². The Morgan fingerprint density at radius 3 is 2.94 bits per heavy atom. The number of nitrogens with two attached hydrogens (primary N) is 1. The van der Waals surface area contributed by atoms with Crippen LogP contribution >= 0.6 is 27.5 Å². The van der Waals surface area contributed by atoms with Crippen molar-refractivity contribution >= 4 is 33.4 Å². The molecule has 6 heteroatoms. The van der Waals surface area contributed by atoms with E-state index in [-0.39, 0.29) is 5.84 Å². The Kier molecular flexibility index (Phi) is 5.42. The van der Waals surface area contributed by atoms with Crippen molar-refractivity contribution in [2.45, 2.75) is 12.8 Å². The van der Waals surface area contributed by atoms with Crippen molar-refractivity contribution in [1.82, 2.24) is 0 Å². The summed E-state index contributed by atoms with van der Waals surface area (Å²) in [5, 5.41) is 11.7. The van der Waals surface area contributed by atoms with Gasteiger partial charge in [-0.25, -0.2) is 0 Å². The summed E-state index contributed by atoms with van der Waals surface area (Å²) in [6.45, 7) is 0.470. The SMILES string of the molecule is N/C(CCCOc1ccc(Br)cc1Cl)=N\O. The molecule has 0 aliphatic carbocycles. The fourth-order valence-corrected chi connectivity index (χ4v) is 1.81. The fraction of sp³-hybridized carbons (Fsp3) is 0.300. The highest BCUT2D eigenvalue weighted by atomic mass is 79.9. The summed E-state index contributed by atoms with van der Waals surface area (Å²) in [4.78, 5) is 0. The number of hydrogen-bond donors (Lipinski definition) is 2. The zero-order valence-corrected chi connectivity index (χ0v) is 10.8. The Morgan fingerprint density at radius 1 is 1.56 bits per heavy atom. The van der Waals surface area contributed by atoms with Crippen molar-refractivity contribution in [1.29, 1.82) is 0 Å². The number of hydrogen-bond acceptors (Lipinski definition) is 3. The first-order valence-corrected chi connectivity index (χ1v) is 5.85. The number of nitrogens with zero attached hydrogens (tertiary/aromatic N) is 1. The summed E-state index contributed by atoms with van der Waals surface area (Å²) >= 11 is 9.26. The lowest BCUT2D eigenvalue weighted by atomic mass is 10.3. The van der Waals surface area contributed by atoms with Crippen LogP contribution in [0.5, 0.6) is 5.75 Å². The van der Waals surface area contributed by atoms with Crippen molar-refractivity contribution in [2.24, 2.45) is 10.9 Å². The van der Waals surface area contributed by atoms with Crippen LogP contribution < -0.4 is 10.5 Å². The van der Waals surface area contributed by atoms with Gasteiger partial charge < -0.3 is 15.7 Å². The summed E-state index contributed by atoms with van der Waals surface area (Å²) in [5.74, 6) is 0.829. The smallest absolute Gasteiger partial charge is 0.139 e. The highest BCUT2D eigenvalue weighted by Gasteiger charge is 2.02. The molecule has 0 bridgehead atoms. The fourth-order valence-electron chi connectivity index (χ4n) is 1.08. The van der Waals surface area contributed by atoms with E-state index in [1.807, 2.05) is 6.07 Å². The lowest BCUT2D eigenvalue weighted by Gasteiger charge is -2.07. The highest BCUT2D eigenvalue weighted by Crippen LogP contribution is 2.27. The third-order valence-electron chi connectivity index (χ3n) is 1.86. The molecule has 0 aliphatic rings. The minimum absolute atomic E-state index is 0.200. The highest BCUT2D eigenvalue weighted by molar-refractivity contribution is 9.10. The minimum Gasteiger partial charge on any atom is -0.492 e. The number of oxime groups is 1.